The lowest BCUT2D eigenvalue weighted by atomic mass is 10.0. The van der Waals surface area contributed by atoms with Crippen LogP contribution in [0.3, 0.4) is 0 Å². The average molecular weight is 956 g/mol. The van der Waals surface area contributed by atoms with Crippen LogP contribution in [0.25, 0.3) is 0 Å². The van der Waals surface area contributed by atoms with E-state index < -0.39 is 126 Å². The van der Waals surface area contributed by atoms with E-state index in [0.29, 0.717) is 24.1 Å². The van der Waals surface area contributed by atoms with Gasteiger partial charge in [0, 0.05) is 24.3 Å². The number of carbonyl (C=O) groups is 10. The van der Waals surface area contributed by atoms with Gasteiger partial charge in [0.1, 0.15) is 42.3 Å². The van der Waals surface area contributed by atoms with Gasteiger partial charge in [-0.2, -0.15) is 0 Å². The molecule has 14 N–H and O–H groups in total. The molecule has 0 aromatic heterocycles. The minimum Gasteiger partial charge on any atom is -0.391 e. The zero-order valence-corrected chi connectivity index (χ0v) is 38.0. The van der Waals surface area contributed by atoms with E-state index in [1.165, 1.54) is 13.8 Å². The van der Waals surface area contributed by atoms with E-state index in [1.54, 1.807) is 60.7 Å². The number of hydrogen-bond acceptors (Lipinski definition) is 14. The smallest absolute Gasteiger partial charge is 0.245 e. The molecule has 2 aromatic rings. The van der Waals surface area contributed by atoms with Crippen LogP contribution in [0.15, 0.2) is 60.7 Å². The van der Waals surface area contributed by atoms with Crippen LogP contribution in [-0.2, 0) is 60.8 Å². The van der Waals surface area contributed by atoms with Crippen LogP contribution < -0.4 is 59.3 Å². The Labute approximate surface area is 388 Å². The summed E-state index contributed by atoms with van der Waals surface area (Å²) in [6.07, 6.45) is -1.05. The van der Waals surface area contributed by atoms with Crippen LogP contribution in [0, 0.1) is 0 Å². The van der Waals surface area contributed by atoms with E-state index in [0.717, 1.165) is 28.0 Å². The van der Waals surface area contributed by atoms with Crippen molar-refractivity contribution in [2.75, 3.05) is 24.6 Å². The topological polar surface area (TPSA) is 351 Å². The van der Waals surface area contributed by atoms with Crippen molar-refractivity contribution < 1.29 is 53.1 Å². The molecule has 2 saturated heterocycles. The highest BCUT2D eigenvalue weighted by Crippen LogP contribution is 2.23. The lowest BCUT2D eigenvalue weighted by molar-refractivity contribution is -0.136. The molecule has 2 aliphatic rings. The molecular formula is C42H57N11O11S2. The third-order valence-corrected chi connectivity index (χ3v) is 12.8. The minimum atomic E-state index is -1.69. The van der Waals surface area contributed by atoms with Crippen LogP contribution in [0.4, 0.5) is 0 Å². The molecule has 0 radical (unpaired) electrons. The number of nitrogens with one attached hydrogen (secondary N) is 9. The standard InChI is InChI=1S/C42H57N11O11S2/c1-22-36(58)49-28(17-25-12-7-4-8-13-25)40(62)53-34(23(2)54)42(64)46-19-33(56)48-30(35(44)57)20-65-66-21-31(41(63)51-29(18-32(43)55)38(60)47-22)52-39(61)27(16-24-10-5-3-6-11-24)50-37(59)26-14-9-15-45-26/h3-8,10-13,22-23,26-31,34,45,54H,9,14-21H2,1-2H3,(H2,43,55)(H2,44,57)(H,46,64)(H,47,60)(H,48,56)(H,49,58)(H,50,59)(H,51,63)(H,52,61)(H,53,62)/t22-,23+,26-,27-,28?,29?,30-,31-,34-/m0/s1. The van der Waals surface area contributed by atoms with Crippen molar-refractivity contribution in [3.8, 4) is 0 Å². The predicted octanol–water partition coefficient (Wildman–Crippen LogP) is -4.11. The van der Waals surface area contributed by atoms with Gasteiger partial charge in [-0.05, 0) is 44.4 Å². The molecule has 2 fully saturated rings. The summed E-state index contributed by atoms with van der Waals surface area (Å²) in [5.41, 5.74) is 12.3. The lowest BCUT2D eigenvalue weighted by Gasteiger charge is -2.27. The van der Waals surface area contributed by atoms with Gasteiger partial charge in [0.2, 0.25) is 59.1 Å². The summed E-state index contributed by atoms with van der Waals surface area (Å²) >= 11 is 0. The fourth-order valence-electron chi connectivity index (χ4n) is 6.72. The summed E-state index contributed by atoms with van der Waals surface area (Å²) in [6, 6.07) is 6.57. The minimum absolute atomic E-state index is 0.0298. The molecule has 0 spiro atoms. The summed E-state index contributed by atoms with van der Waals surface area (Å²) in [7, 11) is 1.92. The maximum absolute atomic E-state index is 14.1. The number of hydrogen-bond donors (Lipinski definition) is 12. The van der Waals surface area contributed by atoms with Gasteiger partial charge in [-0.25, -0.2) is 0 Å². The number of aliphatic hydroxyl groups is 1. The largest absolute Gasteiger partial charge is 0.391 e. The summed E-state index contributed by atoms with van der Waals surface area (Å²) in [5, 5.41) is 33.4. The molecule has 2 aromatic carbocycles. The van der Waals surface area contributed by atoms with Gasteiger partial charge in [0.15, 0.2) is 0 Å². The molecule has 24 heteroatoms. The van der Waals surface area contributed by atoms with E-state index in [2.05, 4.69) is 47.9 Å². The van der Waals surface area contributed by atoms with Crippen molar-refractivity contribution in [1.82, 2.24) is 47.9 Å². The Balaban J connectivity index is 1.66. The normalized spacial score (nSPS) is 25.2. The maximum atomic E-state index is 14.1. The van der Waals surface area contributed by atoms with E-state index in [4.69, 9.17) is 11.5 Å². The van der Waals surface area contributed by atoms with Crippen molar-refractivity contribution in [2.45, 2.75) is 100 Å². The molecular weight excluding hydrogens is 899 g/mol. The quantitative estimate of drug-likeness (QED) is 0.0901. The number of benzene rings is 2. The van der Waals surface area contributed by atoms with Crippen molar-refractivity contribution >= 4 is 80.7 Å². The monoisotopic (exact) mass is 955 g/mol. The lowest BCUT2D eigenvalue weighted by Crippen LogP contribution is -2.61. The second kappa shape index (κ2) is 26.0. The number of aliphatic hydroxyl groups excluding tert-OH is 1. The van der Waals surface area contributed by atoms with Crippen LogP contribution in [-0.4, -0.2) is 143 Å². The first kappa shape index (κ1) is 52.4. The molecule has 22 nitrogen and oxygen atoms in total. The van der Waals surface area contributed by atoms with E-state index in [1.807, 2.05) is 0 Å². The molecule has 0 aliphatic carbocycles. The van der Waals surface area contributed by atoms with Gasteiger partial charge in [0.05, 0.1) is 25.1 Å². The Bertz CT molecular complexity index is 2060. The first-order chi connectivity index (χ1) is 31.4. The summed E-state index contributed by atoms with van der Waals surface area (Å²) in [6.45, 7) is 2.39. The molecule has 9 atom stereocenters. The van der Waals surface area contributed by atoms with Crippen molar-refractivity contribution in [3.63, 3.8) is 0 Å². The number of primary amides is 2. The number of carbonyl (C=O) groups excluding carboxylic acids is 10. The number of rotatable bonds is 12. The summed E-state index contributed by atoms with van der Waals surface area (Å²) < 4.78 is 0. The molecule has 2 unspecified atom stereocenters. The maximum Gasteiger partial charge on any atom is 0.245 e. The number of nitrogens with two attached hydrogens (primary N) is 2. The Morgan fingerprint density at radius 2 is 1.38 bits per heavy atom. The van der Waals surface area contributed by atoms with Gasteiger partial charge in [-0.15, -0.1) is 0 Å². The molecule has 0 bridgehead atoms. The van der Waals surface area contributed by atoms with Crippen molar-refractivity contribution in [1.29, 1.82) is 0 Å². The SMILES string of the molecule is C[C@@H]1NC(=O)C(CC(N)=O)NC(=O)[C@@H](NC(=O)[C@H](Cc2ccccc2)NC(=O)[C@@H]2CCCN2)CSSC[C@@H](C(N)=O)NC(=O)CNC(=O)[C@H]([C@@H](C)O)NC(=O)C(Cc2ccccc2)NC1=O. The second-order valence-electron chi connectivity index (χ2n) is 15.7. The van der Waals surface area contributed by atoms with Crippen molar-refractivity contribution in [3.05, 3.63) is 71.8 Å². The first-order valence-electron chi connectivity index (χ1n) is 21.1. The van der Waals surface area contributed by atoms with E-state index in [-0.39, 0.29) is 24.3 Å². The summed E-state index contributed by atoms with van der Waals surface area (Å²) in [5.74, 6) is -9.29. The average Bonchev–Trinajstić information content (AvgIpc) is 3.83. The number of amides is 10. The van der Waals surface area contributed by atoms with Gasteiger partial charge >= 0.3 is 0 Å². The van der Waals surface area contributed by atoms with Crippen LogP contribution in [0.5, 0.6) is 0 Å². The highest BCUT2D eigenvalue weighted by molar-refractivity contribution is 8.76. The van der Waals surface area contributed by atoms with Crippen molar-refractivity contribution in [2.24, 2.45) is 11.5 Å². The molecule has 0 saturated carbocycles. The summed E-state index contributed by atoms with van der Waals surface area (Å²) in [4.78, 5) is 133. The molecule has 66 heavy (non-hydrogen) atoms. The zero-order chi connectivity index (χ0) is 48.3. The van der Waals surface area contributed by atoms with Crippen LogP contribution >= 0.6 is 21.6 Å². The van der Waals surface area contributed by atoms with Crippen LogP contribution in [0.2, 0.25) is 0 Å². The van der Waals surface area contributed by atoms with Crippen LogP contribution in [0.1, 0.15) is 44.2 Å². The molecule has 2 aliphatic heterocycles. The van der Waals surface area contributed by atoms with Gasteiger partial charge in [-0.3, -0.25) is 47.9 Å². The Hall–Kier alpha value is -6.24. The second-order valence-corrected chi connectivity index (χ2v) is 18.3. The fraction of sp³-hybridized carbons (Fsp3) is 0.476. The first-order valence-corrected chi connectivity index (χ1v) is 23.6. The zero-order valence-electron chi connectivity index (χ0n) is 36.3. The molecule has 4 rings (SSSR count). The Morgan fingerprint density at radius 1 is 0.758 bits per heavy atom. The van der Waals surface area contributed by atoms with E-state index >= 15 is 0 Å². The molecule has 2 heterocycles. The molecule has 10 amide bonds. The van der Waals surface area contributed by atoms with E-state index in [9.17, 15) is 53.1 Å². The third-order valence-electron chi connectivity index (χ3n) is 10.3. The van der Waals surface area contributed by atoms with Gasteiger partial charge in [-0.1, -0.05) is 82.3 Å². The highest BCUT2D eigenvalue weighted by Gasteiger charge is 2.35. The third kappa shape index (κ3) is 17.0. The Morgan fingerprint density at radius 3 is 1.98 bits per heavy atom. The highest BCUT2D eigenvalue weighted by atomic mass is 33.1. The van der Waals surface area contributed by atoms with Gasteiger partial charge in [0.25, 0.3) is 0 Å². The fourth-order valence-corrected chi connectivity index (χ4v) is 9.06. The Kier molecular flexibility index (Phi) is 20.7. The predicted molar refractivity (Wildman–Crippen MR) is 243 cm³/mol. The van der Waals surface area contributed by atoms with Gasteiger partial charge < -0.3 is 64.4 Å². The molecule has 358 valence electrons.